The SMILES string of the molecule is CC(C)COc1ccc(C(=O)NN=Cc2ccc[nH]2)cc1. The van der Waals surface area contributed by atoms with Crippen molar-refractivity contribution >= 4 is 12.1 Å². The normalized spacial score (nSPS) is 11.0. The highest BCUT2D eigenvalue weighted by Gasteiger charge is 2.04. The number of aromatic amines is 1. The monoisotopic (exact) mass is 285 g/mol. The second-order valence-corrected chi connectivity index (χ2v) is 5.05. The molecule has 5 heteroatoms. The Hall–Kier alpha value is -2.56. The van der Waals surface area contributed by atoms with Crippen LogP contribution in [0.5, 0.6) is 5.75 Å². The molecule has 2 aromatic rings. The van der Waals surface area contributed by atoms with Crippen molar-refractivity contribution in [3.8, 4) is 5.75 Å². The maximum Gasteiger partial charge on any atom is 0.271 e. The number of amides is 1. The van der Waals surface area contributed by atoms with Crippen LogP contribution in [0.15, 0.2) is 47.7 Å². The molecule has 5 nitrogen and oxygen atoms in total. The number of rotatable bonds is 6. The van der Waals surface area contributed by atoms with E-state index < -0.39 is 0 Å². The lowest BCUT2D eigenvalue weighted by molar-refractivity contribution is 0.0955. The minimum Gasteiger partial charge on any atom is -0.493 e. The van der Waals surface area contributed by atoms with Crippen molar-refractivity contribution in [2.45, 2.75) is 13.8 Å². The Morgan fingerprint density at radius 3 is 2.71 bits per heavy atom. The zero-order chi connectivity index (χ0) is 15.1. The topological polar surface area (TPSA) is 66.5 Å². The second kappa shape index (κ2) is 7.28. The van der Waals surface area contributed by atoms with Crippen LogP contribution >= 0.6 is 0 Å². The molecule has 1 aromatic heterocycles. The van der Waals surface area contributed by atoms with E-state index in [0.717, 1.165) is 11.4 Å². The fraction of sp³-hybridized carbons (Fsp3) is 0.250. The summed E-state index contributed by atoms with van der Waals surface area (Å²) in [4.78, 5) is 14.8. The van der Waals surface area contributed by atoms with Crippen molar-refractivity contribution in [2.75, 3.05) is 6.61 Å². The summed E-state index contributed by atoms with van der Waals surface area (Å²) in [7, 11) is 0. The molecule has 0 aliphatic rings. The van der Waals surface area contributed by atoms with Crippen LogP contribution in [-0.2, 0) is 0 Å². The first kappa shape index (κ1) is 14.8. The Labute approximate surface area is 124 Å². The van der Waals surface area contributed by atoms with Gasteiger partial charge in [-0.05, 0) is 42.3 Å². The molecule has 0 radical (unpaired) electrons. The molecule has 0 saturated carbocycles. The summed E-state index contributed by atoms with van der Waals surface area (Å²) in [5, 5.41) is 3.89. The van der Waals surface area contributed by atoms with Gasteiger partial charge in [0.25, 0.3) is 5.91 Å². The number of hydrogen-bond donors (Lipinski definition) is 2. The number of hydrazone groups is 1. The van der Waals surface area contributed by atoms with Gasteiger partial charge in [-0.15, -0.1) is 0 Å². The van der Waals surface area contributed by atoms with Crippen LogP contribution in [0, 0.1) is 5.92 Å². The van der Waals surface area contributed by atoms with Gasteiger partial charge in [0, 0.05) is 11.8 Å². The van der Waals surface area contributed by atoms with Crippen LogP contribution in [0.2, 0.25) is 0 Å². The molecule has 0 atom stereocenters. The predicted octanol–water partition coefficient (Wildman–Crippen LogP) is 2.81. The molecule has 0 fully saturated rings. The molecule has 1 heterocycles. The Bertz CT molecular complexity index is 586. The van der Waals surface area contributed by atoms with E-state index in [9.17, 15) is 4.79 Å². The Kier molecular flexibility index (Phi) is 5.15. The number of carbonyl (C=O) groups is 1. The summed E-state index contributed by atoms with van der Waals surface area (Å²) in [6.07, 6.45) is 3.34. The Morgan fingerprint density at radius 1 is 1.33 bits per heavy atom. The number of H-pyrrole nitrogens is 1. The van der Waals surface area contributed by atoms with Gasteiger partial charge in [0.1, 0.15) is 5.75 Å². The van der Waals surface area contributed by atoms with E-state index in [4.69, 9.17) is 4.74 Å². The molecular formula is C16H19N3O2. The van der Waals surface area contributed by atoms with Crippen molar-refractivity contribution < 1.29 is 9.53 Å². The second-order valence-electron chi connectivity index (χ2n) is 5.05. The van der Waals surface area contributed by atoms with E-state index in [0.29, 0.717) is 18.1 Å². The molecule has 0 aliphatic heterocycles. The molecule has 1 aromatic carbocycles. The van der Waals surface area contributed by atoms with E-state index in [-0.39, 0.29) is 5.91 Å². The van der Waals surface area contributed by atoms with Crippen LogP contribution < -0.4 is 10.2 Å². The number of benzene rings is 1. The summed E-state index contributed by atoms with van der Waals surface area (Å²) in [5.74, 6) is 0.971. The van der Waals surface area contributed by atoms with Crippen LogP contribution in [-0.4, -0.2) is 23.7 Å². The maximum atomic E-state index is 11.9. The van der Waals surface area contributed by atoms with E-state index in [2.05, 4.69) is 29.4 Å². The lowest BCUT2D eigenvalue weighted by Gasteiger charge is -2.08. The van der Waals surface area contributed by atoms with Crippen molar-refractivity contribution in [1.82, 2.24) is 10.4 Å². The first-order chi connectivity index (χ1) is 10.1. The molecule has 1 amide bonds. The standard InChI is InChI=1S/C16H19N3O2/c1-12(2)11-21-15-7-5-13(6-8-15)16(20)19-18-10-14-4-3-9-17-14/h3-10,12,17H,11H2,1-2H3,(H,19,20). The third-order valence-electron chi connectivity index (χ3n) is 2.69. The fourth-order valence-electron chi connectivity index (χ4n) is 1.61. The third-order valence-corrected chi connectivity index (χ3v) is 2.69. The first-order valence-electron chi connectivity index (χ1n) is 6.85. The van der Waals surface area contributed by atoms with Gasteiger partial charge in [0.15, 0.2) is 0 Å². The van der Waals surface area contributed by atoms with E-state index in [1.807, 2.05) is 12.1 Å². The van der Waals surface area contributed by atoms with Crippen LogP contribution in [0.3, 0.4) is 0 Å². The van der Waals surface area contributed by atoms with Crippen molar-refractivity contribution in [1.29, 1.82) is 0 Å². The van der Waals surface area contributed by atoms with Gasteiger partial charge in [-0.25, -0.2) is 5.43 Å². The molecule has 0 spiro atoms. The number of nitrogens with zero attached hydrogens (tertiary/aromatic N) is 1. The molecule has 0 saturated heterocycles. The molecule has 21 heavy (non-hydrogen) atoms. The van der Waals surface area contributed by atoms with Crippen LogP contribution in [0.4, 0.5) is 0 Å². The highest BCUT2D eigenvalue weighted by atomic mass is 16.5. The molecule has 0 unspecified atom stereocenters. The predicted molar refractivity (Wildman–Crippen MR) is 82.6 cm³/mol. The van der Waals surface area contributed by atoms with Gasteiger partial charge in [-0.3, -0.25) is 4.79 Å². The van der Waals surface area contributed by atoms with E-state index in [1.165, 1.54) is 0 Å². The third kappa shape index (κ3) is 4.80. The Morgan fingerprint density at radius 2 is 2.10 bits per heavy atom. The number of hydrogen-bond acceptors (Lipinski definition) is 3. The first-order valence-corrected chi connectivity index (χ1v) is 6.85. The molecule has 2 rings (SSSR count). The highest BCUT2D eigenvalue weighted by Crippen LogP contribution is 2.13. The number of carbonyl (C=O) groups excluding carboxylic acids is 1. The molecular weight excluding hydrogens is 266 g/mol. The van der Waals surface area contributed by atoms with Crippen LogP contribution in [0.25, 0.3) is 0 Å². The Balaban J connectivity index is 1.87. The van der Waals surface area contributed by atoms with Crippen molar-refractivity contribution in [2.24, 2.45) is 11.0 Å². The maximum absolute atomic E-state index is 11.9. The highest BCUT2D eigenvalue weighted by molar-refractivity contribution is 5.94. The molecule has 0 aliphatic carbocycles. The zero-order valence-corrected chi connectivity index (χ0v) is 12.2. The smallest absolute Gasteiger partial charge is 0.271 e. The fourth-order valence-corrected chi connectivity index (χ4v) is 1.61. The van der Waals surface area contributed by atoms with E-state index >= 15 is 0 Å². The van der Waals surface area contributed by atoms with Gasteiger partial charge < -0.3 is 9.72 Å². The van der Waals surface area contributed by atoms with Crippen LogP contribution in [0.1, 0.15) is 29.9 Å². The summed E-state index contributed by atoms with van der Waals surface area (Å²) in [5.41, 5.74) is 3.84. The van der Waals surface area contributed by atoms with Gasteiger partial charge in [-0.1, -0.05) is 13.8 Å². The summed E-state index contributed by atoms with van der Waals surface area (Å²) in [6, 6.07) is 10.7. The van der Waals surface area contributed by atoms with Gasteiger partial charge >= 0.3 is 0 Å². The summed E-state index contributed by atoms with van der Waals surface area (Å²) >= 11 is 0. The minimum absolute atomic E-state index is 0.256. The lowest BCUT2D eigenvalue weighted by Crippen LogP contribution is -2.17. The van der Waals surface area contributed by atoms with E-state index in [1.54, 1.807) is 36.7 Å². The molecule has 2 N–H and O–H groups in total. The number of nitrogens with one attached hydrogen (secondary N) is 2. The minimum atomic E-state index is -0.256. The van der Waals surface area contributed by atoms with Gasteiger partial charge in [-0.2, -0.15) is 5.10 Å². The molecule has 0 bridgehead atoms. The quantitative estimate of drug-likeness (QED) is 0.633. The average molecular weight is 285 g/mol. The summed E-state index contributed by atoms with van der Waals surface area (Å²) < 4.78 is 5.57. The zero-order valence-electron chi connectivity index (χ0n) is 12.2. The molecule has 110 valence electrons. The average Bonchev–Trinajstić information content (AvgIpc) is 2.99. The largest absolute Gasteiger partial charge is 0.493 e. The van der Waals surface area contributed by atoms with Crippen molar-refractivity contribution in [3.63, 3.8) is 0 Å². The van der Waals surface area contributed by atoms with Gasteiger partial charge in [0.2, 0.25) is 0 Å². The summed E-state index contributed by atoms with van der Waals surface area (Å²) in [6.45, 7) is 4.83. The number of aromatic nitrogens is 1. The van der Waals surface area contributed by atoms with Gasteiger partial charge in [0.05, 0.1) is 18.5 Å². The van der Waals surface area contributed by atoms with Crippen molar-refractivity contribution in [3.05, 3.63) is 53.9 Å². The number of ether oxygens (including phenoxy) is 1. The lowest BCUT2D eigenvalue weighted by atomic mass is 10.2.